The van der Waals surface area contributed by atoms with E-state index in [4.69, 9.17) is 5.73 Å². The lowest BCUT2D eigenvalue weighted by Crippen LogP contribution is -2.07. The lowest BCUT2D eigenvalue weighted by Gasteiger charge is -2.12. The number of pyridine rings is 1. The monoisotopic (exact) mass is 196 g/mol. The lowest BCUT2D eigenvalue weighted by atomic mass is 10.2. The van der Waals surface area contributed by atoms with E-state index in [1.807, 2.05) is 25.3 Å². The molecule has 0 aliphatic carbocycles. The molecule has 3 heteroatoms. The van der Waals surface area contributed by atoms with Crippen LogP contribution >= 0.6 is 11.8 Å². The van der Waals surface area contributed by atoms with Gasteiger partial charge in [-0.25, -0.2) is 4.98 Å². The number of aromatic nitrogens is 1. The second-order valence-corrected chi connectivity index (χ2v) is 4.92. The maximum atomic E-state index is 5.84. The summed E-state index contributed by atoms with van der Waals surface area (Å²) in [7, 11) is 0. The third kappa shape index (κ3) is 3.01. The Kier molecular flexibility index (Phi) is 3.75. The van der Waals surface area contributed by atoms with Crippen molar-refractivity contribution in [1.29, 1.82) is 0 Å². The fraction of sp³-hybridized carbons (Fsp3) is 0.500. The quantitative estimate of drug-likeness (QED) is 0.755. The largest absolute Gasteiger partial charge is 0.324 e. The number of nitrogens with zero attached hydrogens (tertiary/aromatic N) is 1. The van der Waals surface area contributed by atoms with E-state index in [0.29, 0.717) is 5.25 Å². The number of rotatable bonds is 3. The molecule has 0 aliphatic rings. The van der Waals surface area contributed by atoms with Crippen molar-refractivity contribution in [1.82, 2.24) is 4.98 Å². The van der Waals surface area contributed by atoms with Crippen LogP contribution < -0.4 is 5.73 Å². The number of thioether (sulfide) groups is 1. The molecule has 0 fully saturated rings. The highest BCUT2D eigenvalue weighted by molar-refractivity contribution is 7.99. The van der Waals surface area contributed by atoms with Crippen LogP contribution in [-0.2, 0) is 0 Å². The molecule has 0 aliphatic heterocycles. The minimum absolute atomic E-state index is 0.0648. The Morgan fingerprint density at radius 3 is 2.62 bits per heavy atom. The van der Waals surface area contributed by atoms with Crippen molar-refractivity contribution in [2.45, 2.75) is 37.1 Å². The summed E-state index contributed by atoms with van der Waals surface area (Å²) in [6, 6.07) is 4.04. The molecular formula is C10H16N2S. The average molecular weight is 196 g/mol. The molecule has 2 nitrogen and oxygen atoms in total. The van der Waals surface area contributed by atoms with Crippen LogP contribution in [0.25, 0.3) is 0 Å². The normalized spacial score (nSPS) is 13.3. The van der Waals surface area contributed by atoms with Crippen molar-refractivity contribution >= 4 is 11.8 Å². The van der Waals surface area contributed by atoms with Crippen molar-refractivity contribution in [3.8, 4) is 0 Å². The molecule has 0 spiro atoms. The Balaban J connectivity index is 2.91. The molecule has 2 N–H and O–H groups in total. The van der Waals surface area contributed by atoms with Gasteiger partial charge in [0.1, 0.15) is 5.03 Å². The Morgan fingerprint density at radius 2 is 2.08 bits per heavy atom. The summed E-state index contributed by atoms with van der Waals surface area (Å²) in [5, 5.41) is 1.61. The molecule has 1 aromatic rings. The minimum atomic E-state index is 0.0648. The molecule has 0 amide bonds. The molecule has 0 radical (unpaired) electrons. The van der Waals surface area contributed by atoms with Crippen LogP contribution in [0.3, 0.4) is 0 Å². The molecule has 72 valence electrons. The van der Waals surface area contributed by atoms with Crippen molar-refractivity contribution in [3.05, 3.63) is 23.9 Å². The zero-order valence-electron chi connectivity index (χ0n) is 8.32. The fourth-order valence-electron chi connectivity index (χ4n) is 1.07. The Bertz CT molecular complexity index is 271. The Labute approximate surface area is 83.9 Å². The van der Waals surface area contributed by atoms with Gasteiger partial charge < -0.3 is 5.73 Å². The van der Waals surface area contributed by atoms with E-state index >= 15 is 0 Å². The zero-order valence-corrected chi connectivity index (χ0v) is 9.14. The summed E-state index contributed by atoms with van der Waals surface area (Å²) in [5.74, 6) is 0. The first-order valence-corrected chi connectivity index (χ1v) is 5.36. The van der Waals surface area contributed by atoms with Gasteiger partial charge in [-0.05, 0) is 13.0 Å². The molecule has 0 unspecified atom stereocenters. The molecule has 1 rings (SSSR count). The third-order valence-electron chi connectivity index (χ3n) is 1.64. The molecule has 0 aromatic carbocycles. The van der Waals surface area contributed by atoms with E-state index in [-0.39, 0.29) is 6.04 Å². The zero-order chi connectivity index (χ0) is 9.84. The van der Waals surface area contributed by atoms with Crippen LogP contribution in [0, 0.1) is 0 Å². The molecule has 0 saturated heterocycles. The van der Waals surface area contributed by atoms with Crippen LogP contribution in [0.15, 0.2) is 23.4 Å². The topological polar surface area (TPSA) is 38.9 Å². The number of hydrogen-bond donors (Lipinski definition) is 1. The fourth-order valence-corrected chi connectivity index (χ4v) is 2.03. The molecule has 13 heavy (non-hydrogen) atoms. The predicted octanol–water partition coefficient (Wildman–Crippen LogP) is 2.60. The van der Waals surface area contributed by atoms with Crippen molar-refractivity contribution < 1.29 is 0 Å². The first-order valence-electron chi connectivity index (χ1n) is 4.48. The minimum Gasteiger partial charge on any atom is -0.324 e. The van der Waals surface area contributed by atoms with Gasteiger partial charge >= 0.3 is 0 Å². The second kappa shape index (κ2) is 4.63. The van der Waals surface area contributed by atoms with Crippen LogP contribution in [0.1, 0.15) is 32.4 Å². The van der Waals surface area contributed by atoms with E-state index < -0.39 is 0 Å². The van der Waals surface area contributed by atoms with Gasteiger partial charge in [0.15, 0.2) is 0 Å². The smallest absolute Gasteiger partial charge is 0.101 e. The molecule has 1 heterocycles. The highest BCUT2D eigenvalue weighted by atomic mass is 32.2. The van der Waals surface area contributed by atoms with Crippen LogP contribution in [0.4, 0.5) is 0 Å². The van der Waals surface area contributed by atoms with Gasteiger partial charge in [-0.3, -0.25) is 0 Å². The summed E-state index contributed by atoms with van der Waals surface area (Å²) in [5.41, 5.74) is 6.98. The van der Waals surface area contributed by atoms with E-state index in [2.05, 4.69) is 18.8 Å². The number of nitrogens with two attached hydrogens (primary N) is 1. The lowest BCUT2D eigenvalue weighted by molar-refractivity contribution is 0.778. The Hall–Kier alpha value is -0.540. The molecule has 0 saturated carbocycles. The molecule has 1 atom stereocenters. The Morgan fingerprint density at radius 1 is 1.38 bits per heavy atom. The standard InChI is InChI=1S/C10H16N2S/c1-7(2)13-10-9(8(3)11)5-4-6-12-10/h4-8H,11H2,1-3H3/t8-/m1/s1. The van der Waals surface area contributed by atoms with Crippen molar-refractivity contribution in [2.24, 2.45) is 5.73 Å². The highest BCUT2D eigenvalue weighted by Crippen LogP contribution is 2.26. The molecular weight excluding hydrogens is 180 g/mol. The van der Waals surface area contributed by atoms with Crippen LogP contribution in [0.5, 0.6) is 0 Å². The van der Waals surface area contributed by atoms with Gasteiger partial charge in [0.05, 0.1) is 0 Å². The molecule has 0 bridgehead atoms. The van der Waals surface area contributed by atoms with Crippen LogP contribution in [-0.4, -0.2) is 10.2 Å². The maximum Gasteiger partial charge on any atom is 0.101 e. The SMILES string of the molecule is CC(C)Sc1ncccc1[C@@H](C)N. The summed E-state index contributed by atoms with van der Waals surface area (Å²) in [6.07, 6.45) is 1.82. The second-order valence-electron chi connectivity index (χ2n) is 3.35. The van der Waals surface area contributed by atoms with Gasteiger partial charge in [-0.15, -0.1) is 11.8 Å². The summed E-state index contributed by atoms with van der Waals surface area (Å²) in [6.45, 7) is 6.30. The van der Waals surface area contributed by atoms with E-state index in [1.165, 1.54) is 0 Å². The first-order chi connectivity index (χ1) is 6.11. The van der Waals surface area contributed by atoms with E-state index in [0.717, 1.165) is 10.6 Å². The highest BCUT2D eigenvalue weighted by Gasteiger charge is 2.08. The van der Waals surface area contributed by atoms with Crippen LogP contribution in [0.2, 0.25) is 0 Å². The summed E-state index contributed by atoms with van der Waals surface area (Å²) >= 11 is 1.76. The summed E-state index contributed by atoms with van der Waals surface area (Å²) in [4.78, 5) is 4.32. The van der Waals surface area contributed by atoms with Gasteiger partial charge in [0.25, 0.3) is 0 Å². The maximum absolute atomic E-state index is 5.84. The van der Waals surface area contributed by atoms with E-state index in [9.17, 15) is 0 Å². The van der Waals surface area contributed by atoms with E-state index in [1.54, 1.807) is 11.8 Å². The van der Waals surface area contributed by atoms with Gasteiger partial charge in [-0.2, -0.15) is 0 Å². The van der Waals surface area contributed by atoms with Gasteiger partial charge in [0, 0.05) is 23.1 Å². The number of hydrogen-bond acceptors (Lipinski definition) is 3. The van der Waals surface area contributed by atoms with Crippen molar-refractivity contribution in [3.63, 3.8) is 0 Å². The average Bonchev–Trinajstić information content (AvgIpc) is 2.03. The third-order valence-corrected chi connectivity index (χ3v) is 2.67. The summed E-state index contributed by atoms with van der Waals surface area (Å²) < 4.78 is 0. The van der Waals surface area contributed by atoms with Crippen molar-refractivity contribution in [2.75, 3.05) is 0 Å². The van der Waals surface area contributed by atoms with Gasteiger partial charge in [-0.1, -0.05) is 19.9 Å². The van der Waals surface area contributed by atoms with Gasteiger partial charge in [0.2, 0.25) is 0 Å². The molecule has 1 aromatic heterocycles. The predicted molar refractivity (Wildman–Crippen MR) is 57.8 cm³/mol. The first kappa shape index (κ1) is 10.5.